The summed E-state index contributed by atoms with van der Waals surface area (Å²) >= 11 is 0. The molecule has 44 heavy (non-hydrogen) atoms. The van der Waals surface area contributed by atoms with Crippen molar-refractivity contribution in [3.05, 3.63) is 114 Å². The van der Waals surface area contributed by atoms with E-state index in [1.54, 1.807) is 67.6 Å². The van der Waals surface area contributed by atoms with Gasteiger partial charge in [-0.15, -0.1) is 0 Å². The van der Waals surface area contributed by atoms with Crippen molar-refractivity contribution >= 4 is 39.4 Å². The average molecular weight is 619 g/mol. The van der Waals surface area contributed by atoms with Crippen LogP contribution in [0.4, 0.5) is 11.6 Å². The minimum absolute atomic E-state index is 0.0134. The minimum atomic E-state index is -4.06. The Labute approximate surface area is 255 Å². The molecule has 0 aliphatic rings. The summed E-state index contributed by atoms with van der Waals surface area (Å²) in [6.45, 7) is 3.20. The molecule has 6 N–H and O–H groups in total. The highest BCUT2D eigenvalue weighted by molar-refractivity contribution is 7.92. The monoisotopic (exact) mass is 618 g/mol. The molecular formula is C31H34N6O6S. The maximum absolute atomic E-state index is 13.7. The number of rotatable bonds is 13. The number of nitrogens with zero attached hydrogens (tertiary/aromatic N) is 2. The number of aliphatic hydroxyl groups is 1. The number of hydrogen-bond donors (Lipinski definition) is 5. The van der Waals surface area contributed by atoms with Gasteiger partial charge in [0.15, 0.2) is 6.10 Å². The van der Waals surface area contributed by atoms with Gasteiger partial charge in [-0.25, -0.2) is 13.4 Å². The number of nitrogens with one attached hydrogen (secondary N) is 3. The van der Waals surface area contributed by atoms with Crippen LogP contribution in [0, 0.1) is 0 Å². The maximum Gasteiger partial charge on any atom is 0.257 e. The van der Waals surface area contributed by atoms with Crippen LogP contribution in [0.25, 0.3) is 0 Å². The largest absolute Gasteiger partial charge is 0.381 e. The van der Waals surface area contributed by atoms with E-state index >= 15 is 0 Å². The molecule has 0 fully saturated rings. The topological polar surface area (TPSA) is 188 Å². The molecule has 13 heteroatoms. The molecule has 0 radical (unpaired) electrons. The molecule has 1 heterocycles. The number of sulfonamides is 1. The summed E-state index contributed by atoms with van der Waals surface area (Å²) in [6.07, 6.45) is 1.15. The molecule has 0 aliphatic carbocycles. The van der Waals surface area contributed by atoms with E-state index < -0.39 is 45.9 Å². The third-order valence-corrected chi connectivity index (χ3v) is 8.82. The number of benzene rings is 3. The molecule has 1 aromatic heterocycles. The first-order chi connectivity index (χ1) is 21.0. The van der Waals surface area contributed by atoms with Crippen LogP contribution in [-0.4, -0.2) is 59.1 Å². The normalized spacial score (nSPS) is 13.3. The number of H-pyrrole nitrogens is 1. The number of aromatic nitrogens is 2. The molecule has 0 saturated carbocycles. The minimum Gasteiger partial charge on any atom is -0.381 e. The van der Waals surface area contributed by atoms with Gasteiger partial charge in [0.1, 0.15) is 0 Å². The molecule has 0 spiro atoms. The average Bonchev–Trinajstić information content (AvgIpc) is 3.54. The summed E-state index contributed by atoms with van der Waals surface area (Å²) < 4.78 is 28.4. The zero-order valence-corrected chi connectivity index (χ0v) is 25.0. The zero-order valence-electron chi connectivity index (χ0n) is 24.2. The van der Waals surface area contributed by atoms with Gasteiger partial charge in [0, 0.05) is 23.5 Å². The Bertz CT molecular complexity index is 1710. The Kier molecular flexibility index (Phi) is 10.1. The van der Waals surface area contributed by atoms with Crippen LogP contribution >= 0.6 is 0 Å². The molecule has 12 nitrogen and oxygen atoms in total. The molecule has 3 atom stereocenters. The van der Waals surface area contributed by atoms with Gasteiger partial charge in [0.25, 0.3) is 11.8 Å². The zero-order chi connectivity index (χ0) is 31.9. The van der Waals surface area contributed by atoms with Crippen LogP contribution < -0.4 is 20.7 Å². The van der Waals surface area contributed by atoms with Crippen molar-refractivity contribution < 1.29 is 27.9 Å². The number of aromatic amines is 1. The van der Waals surface area contributed by atoms with Crippen LogP contribution in [0.3, 0.4) is 0 Å². The Morgan fingerprint density at radius 2 is 1.70 bits per heavy atom. The summed E-state index contributed by atoms with van der Waals surface area (Å²) in [4.78, 5) is 44.4. The molecular weight excluding hydrogens is 584 g/mol. The third kappa shape index (κ3) is 7.68. The van der Waals surface area contributed by atoms with Crippen molar-refractivity contribution in [1.29, 1.82) is 0 Å². The fourth-order valence-electron chi connectivity index (χ4n) is 4.68. The second-order valence-corrected chi connectivity index (χ2v) is 12.2. The number of anilines is 2. The second kappa shape index (κ2) is 14.0. The van der Waals surface area contributed by atoms with Crippen LogP contribution in [-0.2, 0) is 21.2 Å². The highest BCUT2D eigenvalue weighted by Gasteiger charge is 2.38. The van der Waals surface area contributed by atoms with Crippen LogP contribution in [0.2, 0.25) is 0 Å². The van der Waals surface area contributed by atoms with E-state index in [1.807, 2.05) is 6.07 Å². The van der Waals surface area contributed by atoms with E-state index in [-0.39, 0.29) is 34.9 Å². The molecule has 3 aromatic carbocycles. The van der Waals surface area contributed by atoms with E-state index in [2.05, 4.69) is 20.6 Å². The van der Waals surface area contributed by atoms with Gasteiger partial charge in [-0.05, 0) is 61.7 Å². The standard InChI is InChI=1S/C31H34N6O6S/c1-3-44(42,43)37(26(17-21-9-5-4-6-10-21)27(38)30(41)36-31-33-15-16-34-31)25-14-8-11-22(19-25)20(2)35-29(40)24-13-7-12-23(18-24)28(32)39/h4-16,18-20,26-27,38H,3,17H2,1-2H3,(H2,32,39)(H,35,40)(H2,33,34,36,41)/t20-,26+,27-/m1/s1. The van der Waals surface area contributed by atoms with Crippen molar-refractivity contribution in [2.24, 2.45) is 5.73 Å². The van der Waals surface area contributed by atoms with Crippen molar-refractivity contribution in [3.8, 4) is 0 Å². The predicted molar refractivity (Wildman–Crippen MR) is 166 cm³/mol. The van der Waals surface area contributed by atoms with Crippen molar-refractivity contribution in [2.75, 3.05) is 15.4 Å². The van der Waals surface area contributed by atoms with Crippen LogP contribution in [0.15, 0.2) is 91.3 Å². The quantitative estimate of drug-likeness (QED) is 0.152. The molecule has 0 bridgehead atoms. The summed E-state index contributed by atoms with van der Waals surface area (Å²) in [5.41, 5.74) is 7.22. The number of amides is 3. The van der Waals surface area contributed by atoms with Crippen LogP contribution in [0.5, 0.6) is 0 Å². The molecule has 0 saturated heterocycles. The van der Waals surface area contributed by atoms with E-state index in [9.17, 15) is 27.9 Å². The fourth-order valence-corrected chi connectivity index (χ4v) is 6.00. The number of carbonyl (C=O) groups is 3. The number of hydrogen-bond acceptors (Lipinski definition) is 7. The van der Waals surface area contributed by atoms with Gasteiger partial charge in [0.2, 0.25) is 21.9 Å². The summed E-state index contributed by atoms with van der Waals surface area (Å²) in [7, 11) is -4.06. The summed E-state index contributed by atoms with van der Waals surface area (Å²) in [6, 6.07) is 19.6. The van der Waals surface area contributed by atoms with E-state index in [0.717, 1.165) is 4.31 Å². The highest BCUT2D eigenvalue weighted by atomic mass is 32.2. The van der Waals surface area contributed by atoms with Crippen LogP contribution in [0.1, 0.15) is 51.7 Å². The third-order valence-electron chi connectivity index (χ3n) is 7.01. The fraction of sp³-hybridized carbons (Fsp3) is 0.226. The maximum atomic E-state index is 13.7. The Morgan fingerprint density at radius 3 is 2.36 bits per heavy atom. The van der Waals surface area contributed by atoms with Gasteiger partial charge >= 0.3 is 0 Å². The number of nitrogens with two attached hydrogens (primary N) is 1. The Hall–Kier alpha value is -5.01. The molecule has 4 aromatic rings. The number of carbonyl (C=O) groups excluding carboxylic acids is 3. The van der Waals surface area contributed by atoms with Gasteiger partial charge in [-0.1, -0.05) is 48.5 Å². The lowest BCUT2D eigenvalue weighted by atomic mass is 9.99. The molecule has 230 valence electrons. The Morgan fingerprint density at radius 1 is 1.00 bits per heavy atom. The van der Waals surface area contributed by atoms with Crippen molar-refractivity contribution in [2.45, 2.75) is 38.5 Å². The molecule has 0 unspecified atom stereocenters. The van der Waals surface area contributed by atoms with E-state index in [4.69, 9.17) is 5.73 Å². The first kappa shape index (κ1) is 31.9. The second-order valence-electron chi connectivity index (χ2n) is 10.1. The lowest BCUT2D eigenvalue weighted by Gasteiger charge is -2.35. The van der Waals surface area contributed by atoms with E-state index in [0.29, 0.717) is 11.1 Å². The van der Waals surface area contributed by atoms with Gasteiger partial charge in [-0.2, -0.15) is 0 Å². The number of aliphatic hydroxyl groups excluding tert-OH is 1. The number of primary amides is 1. The Balaban J connectivity index is 1.69. The first-order valence-electron chi connectivity index (χ1n) is 13.8. The smallest absolute Gasteiger partial charge is 0.257 e. The first-order valence-corrected chi connectivity index (χ1v) is 15.5. The van der Waals surface area contributed by atoms with Crippen molar-refractivity contribution in [1.82, 2.24) is 15.3 Å². The van der Waals surface area contributed by atoms with Crippen molar-refractivity contribution in [3.63, 3.8) is 0 Å². The highest BCUT2D eigenvalue weighted by Crippen LogP contribution is 2.29. The molecule has 4 rings (SSSR count). The lowest BCUT2D eigenvalue weighted by molar-refractivity contribution is -0.124. The van der Waals surface area contributed by atoms with E-state index in [1.165, 1.54) is 31.5 Å². The number of imidazole rings is 1. The molecule has 0 aliphatic heterocycles. The summed E-state index contributed by atoms with van der Waals surface area (Å²) in [5, 5.41) is 16.7. The molecule has 3 amide bonds. The lowest BCUT2D eigenvalue weighted by Crippen LogP contribution is -2.53. The van der Waals surface area contributed by atoms with Gasteiger partial charge in [-0.3, -0.25) is 24.0 Å². The SMILES string of the molecule is CCS(=O)(=O)N(c1cccc([C@@H](C)NC(=O)c2cccc(C(N)=O)c2)c1)[C@@H](Cc1ccccc1)[C@@H](O)C(=O)Nc1ncc[nH]1. The van der Waals surface area contributed by atoms with Gasteiger partial charge in [0.05, 0.1) is 23.5 Å². The predicted octanol–water partition coefficient (Wildman–Crippen LogP) is 2.77. The van der Waals surface area contributed by atoms with Gasteiger partial charge < -0.3 is 21.1 Å². The summed E-state index contributed by atoms with van der Waals surface area (Å²) in [5.74, 6) is -2.17.